The summed E-state index contributed by atoms with van der Waals surface area (Å²) in [5, 5.41) is 2.96. The van der Waals surface area contributed by atoms with Gasteiger partial charge < -0.3 is 5.32 Å². The number of halogens is 1. The molecule has 0 aliphatic carbocycles. The fourth-order valence-electron chi connectivity index (χ4n) is 1.70. The number of carbonyl (C=O) groups is 1. The molecule has 0 saturated heterocycles. The van der Waals surface area contributed by atoms with E-state index in [-0.39, 0.29) is 5.91 Å². The molecule has 94 valence electrons. The lowest BCUT2D eigenvalue weighted by atomic mass is 9.97. The van der Waals surface area contributed by atoms with Gasteiger partial charge in [0.15, 0.2) is 0 Å². The molecule has 0 saturated carbocycles. The molecular weight excluding hydrogens is 234 g/mol. The first-order valence-corrected chi connectivity index (χ1v) is 6.67. The number of nitrogens with one attached hydrogen (secondary N) is 1. The summed E-state index contributed by atoms with van der Waals surface area (Å²) in [5.74, 6) is 1.03. The van der Waals surface area contributed by atoms with Crippen molar-refractivity contribution in [3.05, 3.63) is 29.8 Å². The summed E-state index contributed by atoms with van der Waals surface area (Å²) in [6.45, 7) is 4.32. The lowest BCUT2D eigenvalue weighted by Crippen LogP contribution is -2.13. The second-order valence-corrected chi connectivity index (χ2v) is 4.62. The monoisotopic (exact) mass is 253 g/mol. The van der Waals surface area contributed by atoms with Crippen LogP contribution in [0.2, 0.25) is 0 Å². The zero-order valence-electron chi connectivity index (χ0n) is 10.5. The van der Waals surface area contributed by atoms with Gasteiger partial charge in [-0.25, -0.2) is 0 Å². The van der Waals surface area contributed by atoms with Crippen molar-refractivity contribution in [1.29, 1.82) is 0 Å². The summed E-state index contributed by atoms with van der Waals surface area (Å²) in [5.41, 5.74) is 2.13. The van der Waals surface area contributed by atoms with E-state index in [0.717, 1.165) is 18.5 Å². The van der Waals surface area contributed by atoms with E-state index in [1.54, 1.807) is 0 Å². The van der Waals surface area contributed by atoms with Gasteiger partial charge in [-0.15, -0.1) is 11.6 Å². The van der Waals surface area contributed by atoms with E-state index in [0.29, 0.717) is 18.2 Å². The van der Waals surface area contributed by atoms with Gasteiger partial charge >= 0.3 is 0 Å². The maximum absolute atomic E-state index is 11.7. The van der Waals surface area contributed by atoms with Gasteiger partial charge in [0.25, 0.3) is 0 Å². The molecule has 0 aliphatic rings. The minimum absolute atomic E-state index is 0.0430. The molecule has 1 rings (SSSR count). The summed E-state index contributed by atoms with van der Waals surface area (Å²) < 4.78 is 0. The van der Waals surface area contributed by atoms with Crippen molar-refractivity contribution in [1.82, 2.24) is 0 Å². The van der Waals surface area contributed by atoms with E-state index in [1.807, 2.05) is 18.2 Å². The van der Waals surface area contributed by atoms with Crippen molar-refractivity contribution in [3.8, 4) is 0 Å². The topological polar surface area (TPSA) is 29.1 Å². The zero-order chi connectivity index (χ0) is 12.7. The van der Waals surface area contributed by atoms with Crippen molar-refractivity contribution in [3.63, 3.8) is 0 Å². The molecule has 0 heterocycles. The highest BCUT2D eigenvalue weighted by molar-refractivity contribution is 6.18. The van der Waals surface area contributed by atoms with Crippen molar-refractivity contribution in [2.24, 2.45) is 0 Å². The van der Waals surface area contributed by atoms with Gasteiger partial charge in [0, 0.05) is 18.0 Å². The Morgan fingerprint density at radius 1 is 1.41 bits per heavy atom. The molecule has 0 bridgehead atoms. The first-order chi connectivity index (χ1) is 8.19. The second kappa shape index (κ2) is 7.33. The lowest BCUT2D eigenvalue weighted by Gasteiger charge is -2.15. The Kier molecular flexibility index (Phi) is 6.06. The molecule has 0 aliphatic heterocycles. The number of hydrogen-bond acceptors (Lipinski definition) is 1. The van der Waals surface area contributed by atoms with E-state index in [9.17, 15) is 4.79 Å². The van der Waals surface area contributed by atoms with Crippen LogP contribution in [0.3, 0.4) is 0 Å². The van der Waals surface area contributed by atoms with Crippen LogP contribution >= 0.6 is 11.6 Å². The third-order valence-corrected chi connectivity index (χ3v) is 3.18. The fraction of sp³-hybridized carbons (Fsp3) is 0.500. The molecule has 0 spiro atoms. The molecule has 0 fully saturated rings. The van der Waals surface area contributed by atoms with E-state index in [1.165, 1.54) is 5.56 Å². The molecule has 0 radical (unpaired) electrons. The molecule has 3 heteroatoms. The van der Waals surface area contributed by atoms with E-state index in [4.69, 9.17) is 11.6 Å². The summed E-state index contributed by atoms with van der Waals surface area (Å²) in [7, 11) is 0. The molecule has 1 N–H and O–H groups in total. The van der Waals surface area contributed by atoms with Crippen LogP contribution in [0.4, 0.5) is 5.69 Å². The first-order valence-electron chi connectivity index (χ1n) is 6.13. The smallest absolute Gasteiger partial charge is 0.224 e. The lowest BCUT2D eigenvalue weighted by molar-refractivity contribution is -0.116. The molecule has 1 aromatic rings. The Morgan fingerprint density at radius 3 is 2.76 bits per heavy atom. The van der Waals surface area contributed by atoms with Crippen LogP contribution in [0.25, 0.3) is 0 Å². The minimum atomic E-state index is 0.0430. The quantitative estimate of drug-likeness (QED) is 0.758. The van der Waals surface area contributed by atoms with Gasteiger partial charge in [0.1, 0.15) is 0 Å². The molecule has 1 atom stereocenters. The number of benzene rings is 1. The predicted molar refractivity (Wildman–Crippen MR) is 73.7 cm³/mol. The maximum atomic E-state index is 11.7. The Hall–Kier alpha value is -1.02. The average Bonchev–Trinajstić information content (AvgIpc) is 2.36. The number of amides is 1. The zero-order valence-corrected chi connectivity index (χ0v) is 11.3. The Bertz CT molecular complexity index is 365. The molecule has 1 aromatic carbocycles. The summed E-state index contributed by atoms with van der Waals surface area (Å²) in [6.07, 6.45) is 2.27. The molecule has 1 amide bonds. The summed E-state index contributed by atoms with van der Waals surface area (Å²) >= 11 is 5.57. The second-order valence-electron chi connectivity index (χ2n) is 4.24. The Balaban J connectivity index is 2.73. The average molecular weight is 254 g/mol. The van der Waals surface area contributed by atoms with Gasteiger partial charge in [-0.2, -0.15) is 0 Å². The van der Waals surface area contributed by atoms with Crippen LogP contribution in [-0.4, -0.2) is 11.8 Å². The standard InChI is InChI=1S/C14H20ClNO/c1-3-11(2)12-7-4-5-8-13(12)16-14(17)9-6-10-15/h4-5,7-8,11H,3,6,9-10H2,1-2H3,(H,16,17)/t11-/m1/s1. The van der Waals surface area contributed by atoms with Crippen molar-refractivity contribution in [2.45, 2.75) is 39.0 Å². The van der Waals surface area contributed by atoms with E-state index >= 15 is 0 Å². The Morgan fingerprint density at radius 2 is 2.12 bits per heavy atom. The summed E-state index contributed by atoms with van der Waals surface area (Å²) in [4.78, 5) is 11.7. The van der Waals surface area contributed by atoms with Crippen molar-refractivity contribution < 1.29 is 4.79 Å². The third-order valence-electron chi connectivity index (χ3n) is 2.92. The third kappa shape index (κ3) is 4.39. The Labute approximate surface area is 108 Å². The van der Waals surface area contributed by atoms with Gasteiger partial charge in [-0.3, -0.25) is 4.79 Å². The highest BCUT2D eigenvalue weighted by Gasteiger charge is 2.10. The number of rotatable bonds is 6. The largest absolute Gasteiger partial charge is 0.326 e. The van der Waals surface area contributed by atoms with Crippen LogP contribution in [0.5, 0.6) is 0 Å². The van der Waals surface area contributed by atoms with Crippen LogP contribution in [-0.2, 0) is 4.79 Å². The van der Waals surface area contributed by atoms with Gasteiger partial charge in [-0.1, -0.05) is 32.0 Å². The number of para-hydroxylation sites is 1. The number of alkyl halides is 1. The number of carbonyl (C=O) groups excluding carboxylic acids is 1. The number of hydrogen-bond donors (Lipinski definition) is 1. The van der Waals surface area contributed by atoms with Crippen molar-refractivity contribution >= 4 is 23.2 Å². The highest BCUT2D eigenvalue weighted by Crippen LogP contribution is 2.26. The van der Waals surface area contributed by atoms with Crippen LogP contribution in [0.15, 0.2) is 24.3 Å². The molecule has 0 aromatic heterocycles. The SMILES string of the molecule is CC[C@@H](C)c1ccccc1NC(=O)CCCCl. The molecular formula is C14H20ClNO. The predicted octanol–water partition coefficient (Wildman–Crippen LogP) is 4.16. The van der Waals surface area contributed by atoms with E-state index in [2.05, 4.69) is 25.2 Å². The van der Waals surface area contributed by atoms with Gasteiger partial charge in [0.2, 0.25) is 5.91 Å². The fourth-order valence-corrected chi connectivity index (χ4v) is 1.83. The van der Waals surface area contributed by atoms with Gasteiger partial charge in [0.05, 0.1) is 0 Å². The maximum Gasteiger partial charge on any atom is 0.224 e. The highest BCUT2D eigenvalue weighted by atomic mass is 35.5. The van der Waals surface area contributed by atoms with E-state index < -0.39 is 0 Å². The molecule has 17 heavy (non-hydrogen) atoms. The number of anilines is 1. The van der Waals surface area contributed by atoms with Gasteiger partial charge in [-0.05, 0) is 30.4 Å². The van der Waals surface area contributed by atoms with Crippen LogP contribution in [0.1, 0.15) is 44.6 Å². The van der Waals surface area contributed by atoms with Crippen LogP contribution in [0, 0.1) is 0 Å². The van der Waals surface area contributed by atoms with Crippen molar-refractivity contribution in [2.75, 3.05) is 11.2 Å². The van der Waals surface area contributed by atoms with Crippen LogP contribution < -0.4 is 5.32 Å². The summed E-state index contributed by atoms with van der Waals surface area (Å²) in [6, 6.07) is 7.99. The molecule has 0 unspecified atom stereocenters. The minimum Gasteiger partial charge on any atom is -0.326 e. The normalized spacial score (nSPS) is 12.2. The first kappa shape index (κ1) is 14.0. The molecule has 2 nitrogen and oxygen atoms in total.